The summed E-state index contributed by atoms with van der Waals surface area (Å²) in [4.78, 5) is 9.58. The lowest BCUT2D eigenvalue weighted by Crippen LogP contribution is -2.16. The molecule has 42 heavy (non-hydrogen) atoms. The minimum Gasteiger partial charge on any atom is -0.440 e. The number of aromatic nitrogens is 3. The number of aryl methyl sites for hydroxylation is 2. The van der Waals surface area contributed by atoms with E-state index in [1.165, 1.54) is 24.3 Å². The highest BCUT2D eigenvalue weighted by molar-refractivity contribution is 7.90. The van der Waals surface area contributed by atoms with Crippen molar-refractivity contribution in [3.8, 4) is 45.1 Å². The van der Waals surface area contributed by atoms with Crippen LogP contribution >= 0.6 is 0 Å². The second-order valence-corrected chi connectivity index (χ2v) is 12.3. The predicted molar refractivity (Wildman–Crippen MR) is 153 cm³/mol. The van der Waals surface area contributed by atoms with Crippen LogP contribution < -0.4 is 4.74 Å². The maximum absolute atomic E-state index is 12.8. The molecule has 5 aromatic rings. The number of ether oxygens (including phenoxy) is 1. The summed E-state index contributed by atoms with van der Waals surface area (Å²) in [6.07, 6.45) is -1.76. The number of imidazole rings is 1. The molecule has 5 rings (SSSR count). The molecule has 0 saturated carbocycles. The minimum atomic E-state index is -4.81. The molecule has 0 aliphatic carbocycles. The van der Waals surface area contributed by atoms with Gasteiger partial charge in [-0.3, -0.25) is 0 Å². The van der Waals surface area contributed by atoms with E-state index in [0.717, 1.165) is 29.0 Å². The summed E-state index contributed by atoms with van der Waals surface area (Å²) < 4.78 is 75.0. The first-order chi connectivity index (χ1) is 19.7. The maximum atomic E-state index is 12.8. The molecule has 0 aliphatic rings. The molecule has 7 nitrogen and oxygen atoms in total. The number of hydrogen-bond acceptors (Lipinski definition) is 6. The third kappa shape index (κ3) is 6.11. The van der Waals surface area contributed by atoms with Crippen LogP contribution in [0.5, 0.6) is 5.75 Å². The van der Waals surface area contributed by atoms with Crippen LogP contribution in [0.4, 0.5) is 13.2 Å². The van der Waals surface area contributed by atoms with E-state index >= 15 is 0 Å². The lowest BCUT2D eigenvalue weighted by atomic mass is 9.98. The lowest BCUT2D eigenvalue weighted by Gasteiger charge is -2.14. The monoisotopic (exact) mass is 595 g/mol. The largest absolute Gasteiger partial charge is 0.573 e. The van der Waals surface area contributed by atoms with Crippen LogP contribution in [0.25, 0.3) is 39.4 Å². The van der Waals surface area contributed by atoms with Crippen LogP contribution in [0.15, 0.2) is 82.2 Å². The third-order valence-corrected chi connectivity index (χ3v) is 7.71. The van der Waals surface area contributed by atoms with Gasteiger partial charge in [-0.1, -0.05) is 32.0 Å². The van der Waals surface area contributed by atoms with Crippen molar-refractivity contribution in [3.63, 3.8) is 0 Å². The molecule has 0 fully saturated rings. The molecule has 0 saturated heterocycles. The number of hydrogen-bond donors (Lipinski definition) is 0. The number of alkyl halides is 3. The fourth-order valence-electron chi connectivity index (χ4n) is 4.65. The van der Waals surface area contributed by atoms with E-state index < -0.39 is 16.2 Å². The number of oxazole rings is 1. The molecule has 11 heteroatoms. The van der Waals surface area contributed by atoms with Crippen LogP contribution in [0.3, 0.4) is 0 Å². The molecule has 2 aromatic heterocycles. The quantitative estimate of drug-likeness (QED) is 0.190. The van der Waals surface area contributed by atoms with Gasteiger partial charge in [0.15, 0.2) is 21.5 Å². The van der Waals surface area contributed by atoms with Gasteiger partial charge in [0, 0.05) is 29.5 Å². The molecule has 3 aromatic carbocycles. The Morgan fingerprint density at radius 3 is 2.17 bits per heavy atom. The third-order valence-electron chi connectivity index (χ3n) is 6.60. The predicted octanol–water partition coefficient (Wildman–Crippen LogP) is 7.90. The molecule has 0 atom stereocenters. The first-order valence-electron chi connectivity index (χ1n) is 13.0. The van der Waals surface area contributed by atoms with Crippen molar-refractivity contribution in [1.29, 1.82) is 0 Å². The van der Waals surface area contributed by atoms with Gasteiger partial charge in [0.25, 0.3) is 0 Å². The van der Waals surface area contributed by atoms with Crippen LogP contribution in [-0.2, 0) is 9.84 Å². The van der Waals surface area contributed by atoms with Crippen molar-refractivity contribution in [2.45, 2.75) is 44.9 Å². The first-order valence-corrected chi connectivity index (χ1v) is 14.9. The summed E-state index contributed by atoms with van der Waals surface area (Å²) >= 11 is 0. The van der Waals surface area contributed by atoms with E-state index in [-0.39, 0.29) is 16.6 Å². The Morgan fingerprint density at radius 2 is 1.57 bits per heavy atom. The molecule has 0 unspecified atom stereocenters. The average molecular weight is 596 g/mol. The Kier molecular flexibility index (Phi) is 7.48. The van der Waals surface area contributed by atoms with Gasteiger partial charge in [-0.25, -0.2) is 18.4 Å². The van der Waals surface area contributed by atoms with Crippen molar-refractivity contribution in [2.24, 2.45) is 0 Å². The second-order valence-electron chi connectivity index (χ2n) is 10.3. The molecule has 218 valence electrons. The Hall–Kier alpha value is -4.38. The molecule has 0 aliphatic heterocycles. The zero-order valence-corrected chi connectivity index (χ0v) is 24.3. The van der Waals surface area contributed by atoms with Gasteiger partial charge in [0.05, 0.1) is 16.3 Å². The van der Waals surface area contributed by atoms with E-state index in [1.54, 1.807) is 18.2 Å². The average Bonchev–Trinajstić information content (AvgIpc) is 3.50. The summed E-state index contributed by atoms with van der Waals surface area (Å²) in [5, 5.41) is 0. The fourth-order valence-corrected chi connectivity index (χ4v) is 5.32. The van der Waals surface area contributed by atoms with Gasteiger partial charge in [0.2, 0.25) is 0 Å². The zero-order valence-electron chi connectivity index (χ0n) is 23.5. The van der Waals surface area contributed by atoms with Crippen molar-refractivity contribution < 1.29 is 30.7 Å². The van der Waals surface area contributed by atoms with Crippen LogP contribution in [0.1, 0.15) is 37.2 Å². The summed E-state index contributed by atoms with van der Waals surface area (Å²) in [5.41, 5.74) is 4.64. The van der Waals surface area contributed by atoms with Crippen LogP contribution in [0, 0.1) is 13.8 Å². The normalized spacial score (nSPS) is 12.2. The molecule has 2 heterocycles. The number of benzene rings is 3. The number of halogens is 3. The highest BCUT2D eigenvalue weighted by Gasteiger charge is 2.31. The van der Waals surface area contributed by atoms with Crippen LogP contribution in [0.2, 0.25) is 0 Å². The van der Waals surface area contributed by atoms with Gasteiger partial charge >= 0.3 is 6.36 Å². The van der Waals surface area contributed by atoms with Crippen molar-refractivity contribution in [1.82, 2.24) is 14.5 Å². The fraction of sp³-hybridized carbons (Fsp3) is 0.226. The topological polar surface area (TPSA) is 87.2 Å². The van der Waals surface area contributed by atoms with Gasteiger partial charge in [0.1, 0.15) is 17.3 Å². The van der Waals surface area contributed by atoms with Gasteiger partial charge in [-0.2, -0.15) is 0 Å². The zero-order chi connectivity index (χ0) is 30.4. The minimum absolute atomic E-state index is 0.0827. The summed E-state index contributed by atoms with van der Waals surface area (Å²) in [6.45, 7) is 7.62. The maximum Gasteiger partial charge on any atom is 0.573 e. The van der Waals surface area contributed by atoms with Crippen molar-refractivity contribution in [3.05, 3.63) is 90.3 Å². The number of sulfone groups is 1. The SMILES string of the molecule is Cc1cn(-c2ccc(-c3cccc(S(C)(=O)=O)c3)cc2-c2nc(C(C)C)oc2-c2ccc(OC(F)(F)F)cc2)c(C)n1. The highest BCUT2D eigenvalue weighted by Crippen LogP contribution is 2.40. The standard InChI is InChI=1S/C31H28F3N3O4S/c1-18(2)30-36-28(29(40-30)21-9-12-24(13-10-21)41-31(32,33)34)26-16-23(22-7-6-8-25(15-22)42(5,38)39)11-14-27(26)37-17-19(3)35-20(37)4/h6-18H,1-5H3. The Balaban J connectivity index is 1.74. The van der Waals surface area contributed by atoms with E-state index in [1.807, 2.05) is 62.7 Å². The lowest BCUT2D eigenvalue weighted by molar-refractivity contribution is -0.274. The Bertz CT molecular complexity index is 1870. The van der Waals surface area contributed by atoms with Crippen molar-refractivity contribution >= 4 is 9.84 Å². The Morgan fingerprint density at radius 1 is 0.905 bits per heavy atom. The molecular weight excluding hydrogens is 567 g/mol. The first kappa shape index (κ1) is 29.1. The molecule has 0 spiro atoms. The second kappa shape index (κ2) is 10.8. The Labute approximate surface area is 241 Å². The van der Waals surface area contributed by atoms with E-state index in [9.17, 15) is 21.6 Å². The number of rotatable bonds is 7. The number of nitrogens with zero attached hydrogens (tertiary/aromatic N) is 3. The van der Waals surface area contributed by atoms with Gasteiger partial charge in [-0.05, 0) is 73.5 Å². The van der Waals surface area contributed by atoms with E-state index in [2.05, 4.69) is 9.72 Å². The van der Waals surface area contributed by atoms with Gasteiger partial charge < -0.3 is 13.7 Å². The molecule has 0 amide bonds. The molecule has 0 N–H and O–H groups in total. The van der Waals surface area contributed by atoms with E-state index in [0.29, 0.717) is 34.0 Å². The van der Waals surface area contributed by atoms with Gasteiger partial charge in [-0.15, -0.1) is 13.2 Å². The summed E-state index contributed by atoms with van der Waals surface area (Å²) in [5.74, 6) is 1.12. The van der Waals surface area contributed by atoms with E-state index in [4.69, 9.17) is 9.40 Å². The molecule has 0 bridgehead atoms. The summed E-state index contributed by atoms with van der Waals surface area (Å²) in [6, 6.07) is 17.8. The molecular formula is C31H28F3N3O4S. The molecule has 0 radical (unpaired) electrons. The summed E-state index contributed by atoms with van der Waals surface area (Å²) in [7, 11) is -3.43. The van der Waals surface area contributed by atoms with Crippen LogP contribution in [-0.4, -0.2) is 35.6 Å². The van der Waals surface area contributed by atoms with Crippen molar-refractivity contribution in [2.75, 3.05) is 6.26 Å². The highest BCUT2D eigenvalue weighted by atomic mass is 32.2. The smallest absolute Gasteiger partial charge is 0.440 e.